The number of aryl methyl sites for hydroxylation is 1. The van der Waals surface area contributed by atoms with Gasteiger partial charge in [-0.1, -0.05) is 0 Å². The first kappa shape index (κ1) is 16.3. The van der Waals surface area contributed by atoms with Gasteiger partial charge in [0.1, 0.15) is 22.3 Å². The Kier molecular flexibility index (Phi) is 4.17. The van der Waals surface area contributed by atoms with Crippen LogP contribution in [-0.2, 0) is 7.05 Å². The summed E-state index contributed by atoms with van der Waals surface area (Å²) in [5.41, 5.74) is 0. The molecular weight excluding hydrogens is 355 g/mol. The van der Waals surface area contributed by atoms with Gasteiger partial charge in [-0.15, -0.1) is 11.3 Å². The molecule has 0 aromatic carbocycles. The number of imidazole rings is 1. The van der Waals surface area contributed by atoms with Crippen LogP contribution in [0.4, 0.5) is 22.0 Å². The molecule has 0 radical (unpaired) electrons. The van der Waals surface area contributed by atoms with Crippen molar-refractivity contribution in [3.63, 3.8) is 0 Å². The van der Waals surface area contributed by atoms with E-state index in [0.29, 0.717) is 23.4 Å². The van der Waals surface area contributed by atoms with Gasteiger partial charge in [-0.25, -0.2) is 24.3 Å². The molecule has 0 unspecified atom stereocenters. The molecule has 0 amide bonds. The first-order chi connectivity index (χ1) is 12.6. The van der Waals surface area contributed by atoms with Gasteiger partial charge in [0.05, 0.1) is 30.1 Å². The Morgan fingerprint density at radius 1 is 1.19 bits per heavy atom. The fourth-order valence-electron chi connectivity index (χ4n) is 2.42. The van der Waals surface area contributed by atoms with Gasteiger partial charge in [-0.2, -0.15) is 4.98 Å². The Bertz CT molecular complexity index is 1040. The third kappa shape index (κ3) is 3.31. The number of anilines is 3. The number of nitrogens with one attached hydrogen (secondary N) is 2. The van der Waals surface area contributed by atoms with E-state index >= 15 is 0 Å². The smallest absolute Gasteiger partial charge is 0.226 e. The summed E-state index contributed by atoms with van der Waals surface area (Å²) in [6.07, 6.45) is 5.85. The number of halogens is 1. The zero-order chi connectivity index (χ0) is 18.1. The van der Waals surface area contributed by atoms with Crippen molar-refractivity contribution in [1.82, 2.24) is 29.5 Å². The molecule has 0 spiro atoms. The van der Waals surface area contributed by atoms with Crippen LogP contribution in [0.15, 0.2) is 36.4 Å². The van der Waals surface area contributed by atoms with E-state index in [-0.39, 0.29) is 6.04 Å². The van der Waals surface area contributed by atoms with E-state index in [0.717, 1.165) is 22.6 Å². The van der Waals surface area contributed by atoms with Crippen LogP contribution in [0, 0.1) is 5.82 Å². The van der Waals surface area contributed by atoms with Crippen molar-refractivity contribution in [2.45, 2.75) is 13.0 Å². The zero-order valence-electron chi connectivity index (χ0n) is 14.0. The summed E-state index contributed by atoms with van der Waals surface area (Å²) in [5, 5.41) is 9.25. The average Bonchev–Trinajstić information content (AvgIpc) is 3.24. The van der Waals surface area contributed by atoms with E-state index in [1.54, 1.807) is 6.33 Å². The third-order valence-corrected chi connectivity index (χ3v) is 4.46. The molecule has 0 aliphatic rings. The Labute approximate surface area is 152 Å². The number of thiophene rings is 1. The van der Waals surface area contributed by atoms with E-state index < -0.39 is 5.82 Å². The normalized spacial score (nSPS) is 12.3. The lowest BCUT2D eigenvalue weighted by Gasteiger charge is -2.13. The molecule has 1 atom stereocenters. The molecule has 4 aromatic heterocycles. The molecule has 0 saturated heterocycles. The SMILES string of the molecule is C[C@H](Nc1nc(Nc2cn(C)cn2)c2ccsc2n1)c1ncc(F)cn1. The highest BCUT2D eigenvalue weighted by molar-refractivity contribution is 7.16. The third-order valence-electron chi connectivity index (χ3n) is 3.65. The number of aromatic nitrogens is 6. The van der Waals surface area contributed by atoms with Gasteiger partial charge in [0.2, 0.25) is 5.95 Å². The molecule has 8 nitrogen and oxygen atoms in total. The van der Waals surface area contributed by atoms with Crippen molar-refractivity contribution in [3.8, 4) is 0 Å². The minimum absolute atomic E-state index is 0.282. The van der Waals surface area contributed by atoms with Crippen LogP contribution in [0.2, 0.25) is 0 Å². The number of hydrogen-bond donors (Lipinski definition) is 2. The second kappa shape index (κ2) is 6.64. The number of rotatable bonds is 5. The monoisotopic (exact) mass is 370 g/mol. The Morgan fingerprint density at radius 2 is 2.00 bits per heavy atom. The van der Waals surface area contributed by atoms with Crippen molar-refractivity contribution in [1.29, 1.82) is 0 Å². The van der Waals surface area contributed by atoms with Crippen molar-refractivity contribution in [2.75, 3.05) is 10.6 Å². The van der Waals surface area contributed by atoms with E-state index in [1.165, 1.54) is 11.3 Å². The van der Waals surface area contributed by atoms with Crippen molar-refractivity contribution >= 4 is 39.1 Å². The van der Waals surface area contributed by atoms with Crippen LogP contribution in [-0.4, -0.2) is 29.5 Å². The predicted molar refractivity (Wildman–Crippen MR) is 97.9 cm³/mol. The van der Waals surface area contributed by atoms with Crippen LogP contribution >= 0.6 is 11.3 Å². The topological polar surface area (TPSA) is 93.4 Å². The molecule has 0 aliphatic carbocycles. The summed E-state index contributed by atoms with van der Waals surface area (Å²) in [6.45, 7) is 1.86. The quantitative estimate of drug-likeness (QED) is 0.557. The fourth-order valence-corrected chi connectivity index (χ4v) is 3.18. The van der Waals surface area contributed by atoms with Crippen LogP contribution < -0.4 is 10.6 Å². The highest BCUT2D eigenvalue weighted by atomic mass is 32.1. The van der Waals surface area contributed by atoms with Crippen molar-refractivity contribution < 1.29 is 4.39 Å². The summed E-state index contributed by atoms with van der Waals surface area (Å²) < 4.78 is 14.8. The van der Waals surface area contributed by atoms with Crippen LogP contribution in [0.25, 0.3) is 10.2 Å². The molecule has 0 fully saturated rings. The first-order valence-corrected chi connectivity index (χ1v) is 8.70. The lowest BCUT2D eigenvalue weighted by atomic mass is 10.3. The van der Waals surface area contributed by atoms with E-state index in [2.05, 4.69) is 35.6 Å². The summed E-state index contributed by atoms with van der Waals surface area (Å²) in [5.74, 6) is 1.77. The molecule has 4 rings (SSSR count). The Balaban J connectivity index is 1.63. The van der Waals surface area contributed by atoms with Crippen LogP contribution in [0.1, 0.15) is 18.8 Å². The van der Waals surface area contributed by atoms with Gasteiger partial charge in [0.15, 0.2) is 5.82 Å². The molecule has 2 N–H and O–H groups in total. The number of nitrogens with zero attached hydrogens (tertiary/aromatic N) is 6. The van der Waals surface area contributed by atoms with Gasteiger partial charge in [-0.3, -0.25) is 0 Å². The van der Waals surface area contributed by atoms with E-state index in [4.69, 9.17) is 0 Å². The maximum Gasteiger partial charge on any atom is 0.226 e. The zero-order valence-corrected chi connectivity index (χ0v) is 14.8. The van der Waals surface area contributed by atoms with Crippen LogP contribution in [0.5, 0.6) is 0 Å². The maximum absolute atomic E-state index is 13.0. The molecule has 0 saturated carbocycles. The standard InChI is InChI=1S/C16H15FN8S/c1-9(13-18-5-10(17)6-19-13)21-16-23-14(11-3-4-26-15(11)24-16)22-12-7-25(2)8-20-12/h3-9H,1-2H3,(H2,21,22,23,24)/t9-/m0/s1. The molecule has 0 aliphatic heterocycles. The highest BCUT2D eigenvalue weighted by Gasteiger charge is 2.14. The number of hydrogen-bond acceptors (Lipinski definition) is 8. The number of fused-ring (bicyclic) bond motifs is 1. The van der Waals surface area contributed by atoms with Crippen LogP contribution in [0.3, 0.4) is 0 Å². The molecule has 10 heteroatoms. The molecule has 26 heavy (non-hydrogen) atoms. The second-order valence-electron chi connectivity index (χ2n) is 5.71. The Morgan fingerprint density at radius 3 is 2.73 bits per heavy atom. The fraction of sp³-hybridized carbons (Fsp3) is 0.188. The van der Waals surface area contributed by atoms with E-state index in [9.17, 15) is 4.39 Å². The summed E-state index contributed by atoms with van der Waals surface area (Å²) in [6, 6.07) is 1.68. The highest BCUT2D eigenvalue weighted by Crippen LogP contribution is 2.29. The van der Waals surface area contributed by atoms with E-state index in [1.807, 2.05) is 36.2 Å². The second-order valence-corrected chi connectivity index (χ2v) is 6.60. The first-order valence-electron chi connectivity index (χ1n) is 7.82. The molecule has 4 heterocycles. The summed E-state index contributed by atoms with van der Waals surface area (Å²) in [4.78, 5) is 22.2. The van der Waals surface area contributed by atoms with Gasteiger partial charge >= 0.3 is 0 Å². The molecule has 132 valence electrons. The minimum Gasteiger partial charge on any atom is -0.344 e. The van der Waals surface area contributed by atoms with Gasteiger partial charge in [-0.05, 0) is 18.4 Å². The lowest BCUT2D eigenvalue weighted by molar-refractivity contribution is 0.604. The summed E-state index contributed by atoms with van der Waals surface area (Å²) >= 11 is 1.52. The molecule has 4 aromatic rings. The van der Waals surface area contributed by atoms with Gasteiger partial charge in [0, 0.05) is 13.2 Å². The average molecular weight is 370 g/mol. The van der Waals surface area contributed by atoms with Gasteiger partial charge in [0.25, 0.3) is 0 Å². The van der Waals surface area contributed by atoms with Gasteiger partial charge < -0.3 is 15.2 Å². The minimum atomic E-state index is -0.473. The Hall–Kier alpha value is -3.14. The van der Waals surface area contributed by atoms with Crippen molar-refractivity contribution in [2.24, 2.45) is 7.05 Å². The predicted octanol–water partition coefficient (Wildman–Crippen LogP) is 3.27. The maximum atomic E-state index is 13.0. The molecular formula is C16H15FN8S. The lowest BCUT2D eigenvalue weighted by Crippen LogP contribution is -2.13. The summed E-state index contributed by atoms with van der Waals surface area (Å²) in [7, 11) is 1.90. The molecule has 0 bridgehead atoms. The van der Waals surface area contributed by atoms with Crippen molar-refractivity contribution in [3.05, 3.63) is 48.0 Å². The largest absolute Gasteiger partial charge is 0.344 e.